The van der Waals surface area contributed by atoms with Crippen LogP contribution in [0.1, 0.15) is 5.56 Å². The van der Waals surface area contributed by atoms with Crippen molar-refractivity contribution in [2.45, 2.75) is 10.8 Å². The molecule has 2 aromatic heterocycles. The van der Waals surface area contributed by atoms with Crippen molar-refractivity contribution in [3.63, 3.8) is 0 Å². The van der Waals surface area contributed by atoms with E-state index in [0.717, 1.165) is 11.3 Å². The summed E-state index contributed by atoms with van der Waals surface area (Å²) >= 11 is 1.11. The first-order valence-electron chi connectivity index (χ1n) is 7.25. The first-order chi connectivity index (χ1) is 11.9. The Balaban J connectivity index is 1.94. The molecule has 0 spiro atoms. The number of H-pyrrole nitrogens is 1. The van der Waals surface area contributed by atoms with E-state index >= 15 is 0 Å². The minimum Gasteiger partial charge on any atom is -0.493 e. The number of aromatic nitrogens is 1. The molecule has 3 rings (SSSR count). The predicted molar refractivity (Wildman–Crippen MR) is 96.0 cm³/mol. The Morgan fingerprint density at radius 1 is 1.16 bits per heavy atom. The van der Waals surface area contributed by atoms with Crippen LogP contribution in [0.25, 0.3) is 10.9 Å². The van der Waals surface area contributed by atoms with Gasteiger partial charge in [0.25, 0.3) is 5.56 Å². The second-order valence-electron chi connectivity index (χ2n) is 5.17. The molecule has 1 aromatic carbocycles. The molecule has 132 valence electrons. The molecule has 0 atom stereocenters. The monoisotopic (exact) mass is 380 g/mol. The Bertz CT molecular complexity index is 1060. The van der Waals surface area contributed by atoms with Gasteiger partial charge in [0.05, 0.1) is 19.7 Å². The van der Waals surface area contributed by atoms with Gasteiger partial charge in [-0.15, -0.1) is 11.3 Å². The van der Waals surface area contributed by atoms with Gasteiger partial charge in [0, 0.05) is 23.6 Å². The molecule has 0 aliphatic rings. The minimum absolute atomic E-state index is 0.111. The van der Waals surface area contributed by atoms with Crippen LogP contribution in [-0.4, -0.2) is 27.6 Å². The van der Waals surface area contributed by atoms with Crippen LogP contribution in [-0.2, 0) is 16.6 Å². The first kappa shape index (κ1) is 17.5. The summed E-state index contributed by atoms with van der Waals surface area (Å²) in [6.45, 7) is -0.111. The highest BCUT2D eigenvalue weighted by Crippen LogP contribution is 2.31. The van der Waals surface area contributed by atoms with E-state index in [1.54, 1.807) is 29.6 Å². The summed E-state index contributed by atoms with van der Waals surface area (Å²) in [7, 11) is -0.609. The number of thiophene rings is 1. The number of nitrogens with one attached hydrogen (secondary N) is 2. The van der Waals surface area contributed by atoms with Gasteiger partial charge in [-0.05, 0) is 23.6 Å². The van der Waals surface area contributed by atoms with Crippen LogP contribution in [0.5, 0.6) is 11.5 Å². The molecule has 0 bridgehead atoms. The Morgan fingerprint density at radius 2 is 1.88 bits per heavy atom. The predicted octanol–water partition coefficient (Wildman–Crippen LogP) is 2.09. The SMILES string of the molecule is COc1cc2cc(CNS(=O)(=O)c3cccs3)c(=O)[nH]c2cc1OC. The average Bonchev–Trinajstić information content (AvgIpc) is 3.14. The third kappa shape index (κ3) is 3.53. The highest BCUT2D eigenvalue weighted by atomic mass is 32.2. The van der Waals surface area contributed by atoms with Crippen LogP contribution >= 0.6 is 11.3 Å². The zero-order valence-corrected chi connectivity index (χ0v) is 15.2. The van der Waals surface area contributed by atoms with E-state index in [1.807, 2.05) is 0 Å². The fourth-order valence-electron chi connectivity index (χ4n) is 2.37. The molecule has 0 fully saturated rings. The van der Waals surface area contributed by atoms with Crippen molar-refractivity contribution < 1.29 is 17.9 Å². The molecule has 0 aliphatic heterocycles. The van der Waals surface area contributed by atoms with Crippen LogP contribution in [0.2, 0.25) is 0 Å². The molecule has 2 N–H and O–H groups in total. The number of hydrogen-bond acceptors (Lipinski definition) is 6. The maximum Gasteiger partial charge on any atom is 0.252 e. The number of hydrogen-bond donors (Lipinski definition) is 2. The van der Waals surface area contributed by atoms with E-state index in [1.165, 1.54) is 20.3 Å². The maximum atomic E-state index is 12.2. The van der Waals surface area contributed by atoms with Crippen LogP contribution in [0, 0.1) is 0 Å². The number of pyridine rings is 1. The number of rotatable bonds is 6. The van der Waals surface area contributed by atoms with Gasteiger partial charge in [-0.2, -0.15) is 0 Å². The highest BCUT2D eigenvalue weighted by Gasteiger charge is 2.16. The summed E-state index contributed by atoms with van der Waals surface area (Å²) in [5.74, 6) is 1.02. The van der Waals surface area contributed by atoms with Gasteiger partial charge in [-0.3, -0.25) is 4.79 Å². The van der Waals surface area contributed by atoms with Gasteiger partial charge < -0.3 is 14.5 Å². The Kier molecular flexibility index (Phi) is 4.80. The van der Waals surface area contributed by atoms with Gasteiger partial charge in [-0.1, -0.05) is 6.07 Å². The van der Waals surface area contributed by atoms with Gasteiger partial charge in [0.1, 0.15) is 4.21 Å². The lowest BCUT2D eigenvalue weighted by molar-refractivity contribution is 0.356. The lowest BCUT2D eigenvalue weighted by atomic mass is 10.1. The van der Waals surface area contributed by atoms with Crippen LogP contribution in [0.4, 0.5) is 0 Å². The molecule has 0 saturated carbocycles. The second-order valence-corrected chi connectivity index (χ2v) is 8.12. The van der Waals surface area contributed by atoms with Crippen LogP contribution in [0.3, 0.4) is 0 Å². The average molecular weight is 380 g/mol. The van der Waals surface area contributed by atoms with Gasteiger partial charge in [0.15, 0.2) is 11.5 Å². The zero-order valence-electron chi connectivity index (χ0n) is 13.5. The molecule has 0 radical (unpaired) electrons. The normalized spacial score (nSPS) is 11.6. The van der Waals surface area contributed by atoms with Gasteiger partial charge >= 0.3 is 0 Å². The zero-order chi connectivity index (χ0) is 18.0. The second kappa shape index (κ2) is 6.87. The number of ether oxygens (including phenoxy) is 2. The van der Waals surface area contributed by atoms with E-state index in [2.05, 4.69) is 9.71 Å². The number of aromatic amines is 1. The third-order valence-electron chi connectivity index (χ3n) is 3.64. The van der Waals surface area contributed by atoms with Crippen molar-refractivity contribution in [2.75, 3.05) is 14.2 Å². The largest absolute Gasteiger partial charge is 0.493 e. The Labute approximate surface area is 148 Å². The lowest BCUT2D eigenvalue weighted by Crippen LogP contribution is -2.26. The quantitative estimate of drug-likeness (QED) is 0.682. The first-order valence-corrected chi connectivity index (χ1v) is 9.62. The lowest BCUT2D eigenvalue weighted by Gasteiger charge is -2.10. The maximum absolute atomic E-state index is 12.2. The van der Waals surface area contributed by atoms with E-state index in [4.69, 9.17) is 9.47 Å². The van der Waals surface area contributed by atoms with Crippen molar-refractivity contribution >= 4 is 32.3 Å². The van der Waals surface area contributed by atoms with Crippen LogP contribution < -0.4 is 19.8 Å². The molecule has 7 nitrogen and oxygen atoms in total. The molecule has 25 heavy (non-hydrogen) atoms. The smallest absolute Gasteiger partial charge is 0.252 e. The fraction of sp³-hybridized carbons (Fsp3) is 0.188. The fourth-order valence-corrected chi connectivity index (χ4v) is 4.41. The molecule has 0 aliphatic carbocycles. The molecule has 3 aromatic rings. The van der Waals surface area contributed by atoms with Crippen molar-refractivity contribution in [2.24, 2.45) is 0 Å². The molecule has 9 heteroatoms. The van der Waals surface area contributed by atoms with Crippen LogP contribution in [0.15, 0.2) is 44.7 Å². The molecular formula is C16H16N2O5S2. The van der Waals surface area contributed by atoms with Crippen molar-refractivity contribution in [1.29, 1.82) is 0 Å². The van der Waals surface area contributed by atoms with Crippen molar-refractivity contribution in [1.82, 2.24) is 9.71 Å². The van der Waals surface area contributed by atoms with E-state index in [0.29, 0.717) is 28.0 Å². The summed E-state index contributed by atoms with van der Waals surface area (Å²) in [5.41, 5.74) is 0.515. The van der Waals surface area contributed by atoms with Gasteiger partial charge in [0.2, 0.25) is 10.0 Å². The van der Waals surface area contributed by atoms with Crippen molar-refractivity contribution in [3.05, 3.63) is 51.6 Å². The van der Waals surface area contributed by atoms with Crippen molar-refractivity contribution in [3.8, 4) is 11.5 Å². The number of benzene rings is 1. The third-order valence-corrected chi connectivity index (χ3v) is 6.44. The topological polar surface area (TPSA) is 97.5 Å². The molecule has 2 heterocycles. The summed E-state index contributed by atoms with van der Waals surface area (Å²) in [6, 6.07) is 8.18. The summed E-state index contributed by atoms with van der Waals surface area (Å²) in [4.78, 5) is 15.0. The Morgan fingerprint density at radius 3 is 2.52 bits per heavy atom. The van der Waals surface area contributed by atoms with E-state index < -0.39 is 10.0 Å². The summed E-state index contributed by atoms with van der Waals surface area (Å²) in [5, 5.41) is 2.39. The number of methoxy groups -OCH3 is 2. The van der Waals surface area contributed by atoms with E-state index in [-0.39, 0.29) is 16.3 Å². The number of fused-ring (bicyclic) bond motifs is 1. The standard InChI is InChI=1S/C16H16N2O5S2/c1-22-13-7-10-6-11(16(19)18-12(10)8-14(13)23-2)9-17-25(20,21)15-4-3-5-24-15/h3-8,17H,9H2,1-2H3,(H,18,19). The summed E-state index contributed by atoms with van der Waals surface area (Å²) < 4.78 is 37.5. The van der Waals surface area contributed by atoms with Gasteiger partial charge in [-0.25, -0.2) is 13.1 Å². The molecular weight excluding hydrogens is 364 g/mol. The Hall–Kier alpha value is -2.36. The number of sulfonamides is 1. The summed E-state index contributed by atoms with van der Waals surface area (Å²) in [6.07, 6.45) is 0. The molecule has 0 saturated heterocycles. The highest BCUT2D eigenvalue weighted by molar-refractivity contribution is 7.91. The molecule has 0 amide bonds. The molecule has 0 unspecified atom stereocenters. The minimum atomic E-state index is -3.64. The van der Waals surface area contributed by atoms with E-state index in [9.17, 15) is 13.2 Å².